The Kier molecular flexibility index (Phi) is 4.34. The summed E-state index contributed by atoms with van der Waals surface area (Å²) in [6, 6.07) is 7.71. The first-order chi connectivity index (χ1) is 9.65. The van der Waals surface area contributed by atoms with Crippen molar-refractivity contribution in [2.24, 2.45) is 5.92 Å². The van der Waals surface area contributed by atoms with Crippen LogP contribution in [-0.4, -0.2) is 31.1 Å². The second-order valence-electron chi connectivity index (χ2n) is 6.51. The van der Waals surface area contributed by atoms with E-state index in [1.807, 2.05) is 6.07 Å². The lowest BCUT2D eigenvalue weighted by Crippen LogP contribution is -2.41. The molecule has 0 aromatic heterocycles. The normalized spacial score (nSPS) is 27.8. The number of piperidine rings is 1. The number of nitrogens with one attached hydrogen (secondary N) is 1. The molecule has 3 heteroatoms. The highest BCUT2D eigenvalue weighted by Gasteiger charge is 2.32. The van der Waals surface area contributed by atoms with Gasteiger partial charge in [0.25, 0.3) is 0 Å². The Balaban J connectivity index is 1.80. The fourth-order valence-corrected chi connectivity index (χ4v) is 3.77. The molecule has 1 saturated heterocycles. The lowest BCUT2D eigenvalue weighted by Gasteiger charge is -2.40. The minimum Gasteiger partial charge on any atom is -0.314 e. The minimum atomic E-state index is 0.535. The molecule has 1 aromatic rings. The molecule has 1 saturated carbocycles. The molecule has 0 bridgehead atoms. The van der Waals surface area contributed by atoms with Gasteiger partial charge in [-0.2, -0.15) is 0 Å². The standard InChI is InChI=1S/C17H25ClN2/c1-12-10-14(18)5-8-16(12)17-13(4-3-9-20(17)2)11-19-15-6-7-15/h5,8,10,13,15,17,19H,3-4,6-7,9,11H2,1-2H3. The van der Waals surface area contributed by atoms with Gasteiger partial charge in [-0.15, -0.1) is 0 Å². The first kappa shape index (κ1) is 14.4. The number of rotatable bonds is 4. The van der Waals surface area contributed by atoms with Crippen LogP contribution in [0.5, 0.6) is 0 Å². The van der Waals surface area contributed by atoms with Crippen LogP contribution >= 0.6 is 11.6 Å². The first-order valence-corrected chi connectivity index (χ1v) is 8.22. The van der Waals surface area contributed by atoms with Gasteiger partial charge in [0.15, 0.2) is 0 Å². The van der Waals surface area contributed by atoms with E-state index in [2.05, 4.69) is 36.3 Å². The summed E-state index contributed by atoms with van der Waals surface area (Å²) >= 11 is 6.11. The maximum absolute atomic E-state index is 6.11. The first-order valence-electron chi connectivity index (χ1n) is 7.85. The van der Waals surface area contributed by atoms with Gasteiger partial charge in [0.05, 0.1) is 0 Å². The van der Waals surface area contributed by atoms with Gasteiger partial charge in [-0.25, -0.2) is 0 Å². The van der Waals surface area contributed by atoms with E-state index in [9.17, 15) is 0 Å². The predicted molar refractivity (Wildman–Crippen MR) is 85.3 cm³/mol. The zero-order chi connectivity index (χ0) is 14.1. The highest BCUT2D eigenvalue weighted by atomic mass is 35.5. The summed E-state index contributed by atoms with van der Waals surface area (Å²) in [5, 5.41) is 4.57. The second-order valence-corrected chi connectivity index (χ2v) is 6.95. The third kappa shape index (κ3) is 3.19. The molecular weight excluding hydrogens is 268 g/mol. The summed E-state index contributed by atoms with van der Waals surface area (Å²) < 4.78 is 0. The molecule has 2 fully saturated rings. The zero-order valence-corrected chi connectivity index (χ0v) is 13.3. The molecule has 1 heterocycles. The maximum atomic E-state index is 6.11. The van der Waals surface area contributed by atoms with Crippen LogP contribution in [0.1, 0.15) is 42.9 Å². The third-order valence-corrected chi connectivity index (χ3v) is 5.04. The highest BCUT2D eigenvalue weighted by molar-refractivity contribution is 6.30. The second kappa shape index (κ2) is 6.05. The van der Waals surface area contributed by atoms with Crippen molar-refractivity contribution in [1.29, 1.82) is 0 Å². The Hall–Kier alpha value is -0.570. The van der Waals surface area contributed by atoms with E-state index >= 15 is 0 Å². The Morgan fingerprint density at radius 3 is 2.80 bits per heavy atom. The third-order valence-electron chi connectivity index (χ3n) is 4.80. The van der Waals surface area contributed by atoms with Crippen LogP contribution in [0.3, 0.4) is 0 Å². The molecule has 2 nitrogen and oxygen atoms in total. The molecule has 20 heavy (non-hydrogen) atoms. The van der Waals surface area contributed by atoms with E-state index in [0.29, 0.717) is 12.0 Å². The van der Waals surface area contributed by atoms with Gasteiger partial charge in [0.1, 0.15) is 0 Å². The molecule has 1 aromatic carbocycles. The van der Waals surface area contributed by atoms with Crippen LogP contribution in [-0.2, 0) is 0 Å². The molecule has 0 radical (unpaired) electrons. The Morgan fingerprint density at radius 2 is 2.10 bits per heavy atom. The summed E-state index contributed by atoms with van der Waals surface area (Å²) in [4.78, 5) is 2.53. The van der Waals surface area contributed by atoms with Crippen molar-refractivity contribution >= 4 is 11.6 Å². The predicted octanol–water partition coefficient (Wildman–Crippen LogP) is 3.78. The van der Waals surface area contributed by atoms with Crippen LogP contribution < -0.4 is 5.32 Å². The smallest absolute Gasteiger partial charge is 0.0408 e. The van der Waals surface area contributed by atoms with E-state index in [4.69, 9.17) is 11.6 Å². The molecule has 1 N–H and O–H groups in total. The number of likely N-dealkylation sites (tertiary alicyclic amines) is 1. The Morgan fingerprint density at radius 1 is 1.30 bits per heavy atom. The SMILES string of the molecule is Cc1cc(Cl)ccc1C1C(CNC2CC2)CCCN1C. The molecule has 1 aliphatic carbocycles. The molecular formula is C17H25ClN2. The largest absolute Gasteiger partial charge is 0.314 e. The fraction of sp³-hybridized carbons (Fsp3) is 0.647. The molecule has 2 aliphatic rings. The lowest BCUT2D eigenvalue weighted by atomic mass is 9.83. The van der Waals surface area contributed by atoms with Gasteiger partial charge in [0.2, 0.25) is 0 Å². The summed E-state index contributed by atoms with van der Waals surface area (Å²) in [7, 11) is 2.27. The summed E-state index contributed by atoms with van der Waals surface area (Å²) in [5.74, 6) is 0.717. The molecule has 3 rings (SSSR count). The number of halogens is 1. The van der Waals surface area contributed by atoms with Gasteiger partial charge in [0, 0.05) is 23.7 Å². The van der Waals surface area contributed by atoms with Gasteiger partial charge in [-0.3, -0.25) is 4.90 Å². The van der Waals surface area contributed by atoms with Crippen LogP contribution in [0.4, 0.5) is 0 Å². The van der Waals surface area contributed by atoms with Gasteiger partial charge >= 0.3 is 0 Å². The van der Waals surface area contributed by atoms with E-state index in [0.717, 1.165) is 17.6 Å². The van der Waals surface area contributed by atoms with E-state index in [1.165, 1.54) is 43.4 Å². The molecule has 110 valence electrons. The lowest BCUT2D eigenvalue weighted by molar-refractivity contribution is 0.119. The summed E-state index contributed by atoms with van der Waals surface area (Å²) in [5.41, 5.74) is 2.78. The van der Waals surface area contributed by atoms with Crippen molar-refractivity contribution in [1.82, 2.24) is 10.2 Å². The van der Waals surface area contributed by atoms with Gasteiger partial charge in [-0.1, -0.05) is 17.7 Å². The number of hydrogen-bond donors (Lipinski definition) is 1. The van der Waals surface area contributed by atoms with Crippen molar-refractivity contribution in [2.45, 2.75) is 44.7 Å². The average molecular weight is 293 g/mol. The molecule has 2 atom stereocenters. The number of nitrogens with zero attached hydrogens (tertiary/aromatic N) is 1. The van der Waals surface area contributed by atoms with Crippen molar-refractivity contribution in [3.8, 4) is 0 Å². The highest BCUT2D eigenvalue weighted by Crippen LogP contribution is 2.37. The number of aryl methyl sites for hydroxylation is 1. The van der Waals surface area contributed by atoms with Crippen molar-refractivity contribution in [3.05, 3.63) is 34.3 Å². The topological polar surface area (TPSA) is 15.3 Å². The van der Waals surface area contributed by atoms with Gasteiger partial charge < -0.3 is 5.32 Å². The van der Waals surface area contributed by atoms with E-state index < -0.39 is 0 Å². The van der Waals surface area contributed by atoms with Crippen molar-refractivity contribution < 1.29 is 0 Å². The van der Waals surface area contributed by atoms with Crippen LogP contribution in [0.25, 0.3) is 0 Å². The Bertz CT molecular complexity index is 470. The van der Waals surface area contributed by atoms with E-state index in [-0.39, 0.29) is 0 Å². The zero-order valence-electron chi connectivity index (χ0n) is 12.5. The van der Waals surface area contributed by atoms with Crippen LogP contribution in [0.15, 0.2) is 18.2 Å². The van der Waals surface area contributed by atoms with Gasteiger partial charge in [-0.05, 0) is 75.4 Å². The summed E-state index contributed by atoms with van der Waals surface area (Å²) in [6.45, 7) is 4.55. The number of hydrogen-bond acceptors (Lipinski definition) is 2. The van der Waals surface area contributed by atoms with Crippen LogP contribution in [0, 0.1) is 12.8 Å². The van der Waals surface area contributed by atoms with Crippen molar-refractivity contribution in [2.75, 3.05) is 20.1 Å². The molecule has 0 spiro atoms. The molecule has 0 amide bonds. The quantitative estimate of drug-likeness (QED) is 0.908. The maximum Gasteiger partial charge on any atom is 0.0408 e. The monoisotopic (exact) mass is 292 g/mol. The van der Waals surface area contributed by atoms with Crippen molar-refractivity contribution in [3.63, 3.8) is 0 Å². The Labute approximate surface area is 127 Å². The molecule has 1 aliphatic heterocycles. The summed E-state index contributed by atoms with van der Waals surface area (Å²) in [6.07, 6.45) is 5.38. The average Bonchev–Trinajstić information content (AvgIpc) is 3.22. The van der Waals surface area contributed by atoms with Crippen LogP contribution in [0.2, 0.25) is 5.02 Å². The molecule has 2 unspecified atom stereocenters. The number of benzene rings is 1. The fourth-order valence-electron chi connectivity index (χ4n) is 3.54. The minimum absolute atomic E-state index is 0.535. The van der Waals surface area contributed by atoms with E-state index in [1.54, 1.807) is 0 Å².